The molecule has 1 unspecified atom stereocenters. The third-order valence-corrected chi connectivity index (χ3v) is 13.1. The minimum atomic E-state index is -4.66. The molecule has 0 amide bonds. The van der Waals surface area contributed by atoms with Crippen LogP contribution in [0.3, 0.4) is 0 Å². The lowest BCUT2D eigenvalue weighted by atomic mass is 9.98. The van der Waals surface area contributed by atoms with E-state index in [-0.39, 0.29) is 28.2 Å². The Bertz CT molecular complexity index is 1890. The molecule has 49 heavy (non-hydrogen) atoms. The minimum absolute atomic E-state index is 0.0901. The molecule has 14 nitrogen and oxygen atoms in total. The largest absolute Gasteiger partial charge is 0.438 e. The molecular formula is C31H37ClFN4O10PS. The van der Waals surface area contributed by atoms with Gasteiger partial charge in [0.2, 0.25) is 6.79 Å². The van der Waals surface area contributed by atoms with Gasteiger partial charge in [0, 0.05) is 17.6 Å². The molecule has 2 fully saturated rings. The van der Waals surface area contributed by atoms with E-state index in [0.29, 0.717) is 11.1 Å². The standard InChI is InChI=1S/C31H37ClFN4O10PS/c1-31(2,3)30(40)44-16-45-48(41,47-20-10-8-18(33)9-11-20)17-49(42,43)15-23-25(38)26(39)29(46-23)37-13-12-21-24(35-19-6-4-5-7-19)22(14-34)27(32)36-28(21)37/h8-13,19,23,25-26,29,38-39H,4-7,15-17H2,1-3H3,(H,35,36)/t23-,25-,26-,29-,48?/m1/s1. The van der Waals surface area contributed by atoms with Crippen LogP contribution in [0.4, 0.5) is 10.1 Å². The zero-order valence-corrected chi connectivity index (χ0v) is 29.4. The molecule has 1 saturated carbocycles. The number of esters is 1. The van der Waals surface area contributed by atoms with E-state index in [1.165, 1.54) is 10.8 Å². The molecule has 0 spiro atoms. The molecule has 5 rings (SSSR count). The van der Waals surface area contributed by atoms with Crippen molar-refractivity contribution in [2.45, 2.75) is 77.0 Å². The maximum Gasteiger partial charge on any atom is 0.397 e. The summed E-state index contributed by atoms with van der Waals surface area (Å²) in [6, 6.07) is 8.08. The highest BCUT2D eigenvalue weighted by Crippen LogP contribution is 2.50. The topological polar surface area (TPSA) is 199 Å². The van der Waals surface area contributed by atoms with Crippen molar-refractivity contribution in [3.63, 3.8) is 0 Å². The number of hydrogen-bond acceptors (Lipinski definition) is 13. The summed E-state index contributed by atoms with van der Waals surface area (Å²) in [4.78, 5) is 16.5. The average molecular weight is 743 g/mol. The lowest BCUT2D eigenvalue weighted by Gasteiger charge is -2.22. The van der Waals surface area contributed by atoms with Crippen molar-refractivity contribution in [2.75, 3.05) is 23.4 Å². The Hall–Kier alpha value is -3.29. The number of nitrogens with one attached hydrogen (secondary N) is 1. The summed E-state index contributed by atoms with van der Waals surface area (Å²) in [7, 11) is -9.13. The van der Waals surface area contributed by atoms with Gasteiger partial charge in [-0.25, -0.2) is 22.4 Å². The zero-order valence-electron chi connectivity index (χ0n) is 26.9. The number of fused-ring (bicyclic) bond motifs is 1. The number of nitrogens with zero attached hydrogens (tertiary/aromatic N) is 3. The molecule has 266 valence electrons. The highest BCUT2D eigenvalue weighted by atomic mass is 35.5. The smallest absolute Gasteiger partial charge is 0.397 e. The quantitative estimate of drug-likeness (QED) is 0.0983. The molecule has 1 saturated heterocycles. The number of carbonyl (C=O) groups is 1. The fourth-order valence-electron chi connectivity index (χ4n) is 5.63. The normalized spacial score (nSPS) is 22.9. The lowest BCUT2D eigenvalue weighted by molar-refractivity contribution is -0.159. The molecule has 0 radical (unpaired) electrons. The summed E-state index contributed by atoms with van der Waals surface area (Å²) in [5.41, 5.74) is -1.34. The number of sulfone groups is 1. The molecule has 0 bridgehead atoms. The molecule has 2 aromatic heterocycles. The maximum atomic E-state index is 13.8. The minimum Gasteiger partial charge on any atom is -0.438 e. The van der Waals surface area contributed by atoms with Crippen LogP contribution in [0.2, 0.25) is 5.15 Å². The molecule has 18 heteroatoms. The van der Waals surface area contributed by atoms with Crippen LogP contribution in [0.15, 0.2) is 36.5 Å². The summed E-state index contributed by atoms with van der Waals surface area (Å²) >= 11 is 6.40. The summed E-state index contributed by atoms with van der Waals surface area (Å²) in [6.07, 6.45) is -0.756. The summed E-state index contributed by atoms with van der Waals surface area (Å²) in [6.45, 7) is 3.80. The number of hydrogen-bond donors (Lipinski definition) is 3. The van der Waals surface area contributed by atoms with Gasteiger partial charge in [0.05, 0.1) is 16.9 Å². The van der Waals surface area contributed by atoms with Gasteiger partial charge < -0.3 is 34.1 Å². The summed E-state index contributed by atoms with van der Waals surface area (Å²) in [5.74, 6) is -2.45. The number of pyridine rings is 1. The van der Waals surface area contributed by atoms with Crippen LogP contribution < -0.4 is 9.84 Å². The van der Waals surface area contributed by atoms with Crippen molar-refractivity contribution in [2.24, 2.45) is 5.41 Å². The number of aromatic nitrogens is 2. The number of halogens is 2. The van der Waals surface area contributed by atoms with Gasteiger partial charge in [-0.1, -0.05) is 24.4 Å². The molecule has 3 aromatic rings. The Balaban J connectivity index is 1.36. The number of benzene rings is 1. The number of ether oxygens (including phenoxy) is 2. The third-order valence-electron chi connectivity index (χ3n) is 8.13. The molecule has 2 aliphatic rings. The van der Waals surface area contributed by atoms with Crippen LogP contribution in [0.25, 0.3) is 11.0 Å². The van der Waals surface area contributed by atoms with Crippen LogP contribution in [-0.2, 0) is 33.2 Å². The number of carbonyl (C=O) groups excluding carboxylic acids is 1. The Labute approximate surface area is 287 Å². The third kappa shape index (κ3) is 8.54. The molecule has 3 heterocycles. The van der Waals surface area contributed by atoms with Gasteiger partial charge >= 0.3 is 13.6 Å². The highest BCUT2D eigenvalue weighted by molar-refractivity contribution is 7.97. The second-order valence-corrected chi connectivity index (χ2v) is 17.9. The number of anilines is 1. The van der Waals surface area contributed by atoms with E-state index < -0.39 is 77.2 Å². The van der Waals surface area contributed by atoms with Crippen molar-refractivity contribution in [3.8, 4) is 11.8 Å². The van der Waals surface area contributed by atoms with E-state index in [1.807, 2.05) is 0 Å². The predicted molar refractivity (Wildman–Crippen MR) is 176 cm³/mol. The van der Waals surface area contributed by atoms with Gasteiger partial charge in [-0.05, 0) is 63.9 Å². The number of aliphatic hydroxyl groups excluding tert-OH is 2. The molecule has 1 aromatic carbocycles. The fraction of sp³-hybridized carbons (Fsp3) is 0.516. The molecule has 3 N–H and O–H groups in total. The van der Waals surface area contributed by atoms with Crippen LogP contribution in [0.5, 0.6) is 5.75 Å². The van der Waals surface area contributed by atoms with Gasteiger partial charge in [-0.2, -0.15) is 5.26 Å². The van der Waals surface area contributed by atoms with Gasteiger partial charge in [-0.3, -0.25) is 9.32 Å². The Kier molecular flexibility index (Phi) is 11.0. The van der Waals surface area contributed by atoms with E-state index >= 15 is 0 Å². The van der Waals surface area contributed by atoms with Gasteiger partial charge in [0.15, 0.2) is 26.7 Å². The molecular weight excluding hydrogens is 706 g/mol. The van der Waals surface area contributed by atoms with Gasteiger partial charge in [0.1, 0.15) is 47.2 Å². The predicted octanol–water partition coefficient (Wildman–Crippen LogP) is 4.88. The molecule has 5 atom stereocenters. The Morgan fingerprint density at radius 1 is 1.20 bits per heavy atom. The van der Waals surface area contributed by atoms with Gasteiger partial charge in [0.25, 0.3) is 0 Å². The second-order valence-electron chi connectivity index (χ2n) is 13.0. The van der Waals surface area contributed by atoms with E-state index in [0.717, 1.165) is 49.9 Å². The Morgan fingerprint density at radius 2 is 1.88 bits per heavy atom. The first-order valence-electron chi connectivity index (χ1n) is 15.4. The van der Waals surface area contributed by atoms with Crippen molar-refractivity contribution < 1.29 is 50.9 Å². The van der Waals surface area contributed by atoms with Crippen molar-refractivity contribution in [3.05, 3.63) is 53.1 Å². The second kappa shape index (κ2) is 14.5. The fourth-order valence-corrected chi connectivity index (χ4v) is 10.2. The number of aliphatic hydroxyl groups is 2. The van der Waals surface area contributed by atoms with Crippen molar-refractivity contribution in [1.29, 1.82) is 5.26 Å². The van der Waals surface area contributed by atoms with Crippen molar-refractivity contribution >= 4 is 51.7 Å². The van der Waals surface area contributed by atoms with Crippen LogP contribution >= 0.6 is 19.2 Å². The van der Waals surface area contributed by atoms with Crippen LogP contribution in [-0.4, -0.2) is 76.5 Å². The van der Waals surface area contributed by atoms with E-state index in [2.05, 4.69) is 16.4 Å². The molecule has 1 aliphatic carbocycles. The highest BCUT2D eigenvalue weighted by Gasteiger charge is 2.47. The van der Waals surface area contributed by atoms with Gasteiger partial charge in [-0.15, -0.1) is 0 Å². The maximum absolute atomic E-state index is 13.8. The van der Waals surface area contributed by atoms with E-state index in [1.54, 1.807) is 26.8 Å². The first kappa shape index (κ1) is 37.0. The van der Waals surface area contributed by atoms with E-state index in [9.17, 15) is 37.6 Å². The SMILES string of the molecule is CC(C)(C)C(=O)OCOP(=O)(CS(=O)(=O)C[C@H]1O[C@@H](n2ccc3c(NC4CCCC4)c(C#N)c(Cl)nc32)[C@H](O)[C@@H]1O)Oc1ccc(F)cc1. The summed E-state index contributed by atoms with van der Waals surface area (Å²) in [5, 5.41) is 35.5. The summed E-state index contributed by atoms with van der Waals surface area (Å²) < 4.78 is 76.9. The Morgan fingerprint density at radius 3 is 2.51 bits per heavy atom. The lowest BCUT2D eigenvalue weighted by Crippen LogP contribution is -2.36. The number of rotatable bonds is 12. The monoisotopic (exact) mass is 742 g/mol. The first-order chi connectivity index (χ1) is 23.0. The van der Waals surface area contributed by atoms with Crippen LogP contribution in [0.1, 0.15) is 58.2 Å². The van der Waals surface area contributed by atoms with Crippen molar-refractivity contribution in [1.82, 2.24) is 9.55 Å². The first-order valence-corrected chi connectivity index (χ1v) is 19.4. The van der Waals surface area contributed by atoms with E-state index in [4.69, 9.17) is 30.1 Å². The van der Waals surface area contributed by atoms with Crippen LogP contribution in [0, 0.1) is 22.6 Å². The molecule has 1 aliphatic heterocycles. The average Bonchev–Trinajstić information content (AvgIpc) is 3.74. The number of nitriles is 1. The zero-order chi connectivity index (χ0) is 35.7.